The van der Waals surface area contributed by atoms with Crippen molar-refractivity contribution in [2.45, 2.75) is 214 Å². The summed E-state index contributed by atoms with van der Waals surface area (Å²) in [6.45, 7) is 8.65. The van der Waals surface area contributed by atoms with Crippen LogP contribution in [0.25, 0.3) is 0 Å². The molecular formula is C61H88N2O8Pd. The van der Waals surface area contributed by atoms with E-state index >= 15 is 0 Å². The van der Waals surface area contributed by atoms with Crippen LogP contribution in [-0.4, -0.2) is 43.8 Å². The Balaban J connectivity index is 0.000000642. The number of aryl methyl sites for hydroxylation is 2. The van der Waals surface area contributed by atoms with Crippen LogP contribution in [0, 0.1) is 0 Å². The molecule has 0 fully saturated rings. The summed E-state index contributed by atoms with van der Waals surface area (Å²) in [5.74, 6) is -5.13. The van der Waals surface area contributed by atoms with E-state index in [-0.39, 0.29) is 31.5 Å². The normalized spacial score (nSPS) is 11.2. The Morgan fingerprint density at radius 3 is 1.01 bits per heavy atom. The molecule has 11 heteroatoms. The van der Waals surface area contributed by atoms with Crippen LogP contribution >= 0.6 is 0 Å². The second-order valence-corrected chi connectivity index (χ2v) is 18.7. The Morgan fingerprint density at radius 2 is 0.694 bits per heavy atom. The van der Waals surface area contributed by atoms with E-state index in [0.29, 0.717) is 24.0 Å². The van der Waals surface area contributed by atoms with Crippen LogP contribution in [-0.2, 0) is 33.3 Å². The molecule has 0 saturated heterocycles. The Kier molecular flexibility index (Phi) is 37.5. The first-order chi connectivity index (χ1) is 34.5. The maximum absolute atomic E-state index is 11.4. The Hall–Kier alpha value is -4.98. The number of hydrogen-bond donors (Lipinski definition) is 4. The van der Waals surface area contributed by atoms with Gasteiger partial charge in [-0.1, -0.05) is 223 Å². The van der Waals surface area contributed by atoms with Gasteiger partial charge in [0.25, 0.3) is 0 Å². The molecule has 4 rings (SSSR count). The van der Waals surface area contributed by atoms with E-state index in [1.165, 1.54) is 151 Å². The number of carboxylic acids is 2. The first-order valence-corrected chi connectivity index (χ1v) is 27.2. The van der Waals surface area contributed by atoms with Gasteiger partial charge in [0.15, 0.2) is 0 Å². The summed E-state index contributed by atoms with van der Waals surface area (Å²) < 4.78 is 0. The molecule has 0 aliphatic rings. The summed E-state index contributed by atoms with van der Waals surface area (Å²) >= 11 is 0. The topological polar surface area (TPSA) is 186 Å². The number of benzene rings is 4. The zero-order valence-electron chi connectivity index (χ0n) is 44.2. The third-order valence-corrected chi connectivity index (χ3v) is 12.6. The van der Waals surface area contributed by atoms with E-state index in [4.69, 9.17) is 30.4 Å². The predicted octanol–water partition coefficient (Wildman–Crippen LogP) is 16.6. The minimum atomic E-state index is -1.27. The molecule has 0 atom stereocenters. The number of carbonyl (C=O) groups is 2. The molecule has 0 spiro atoms. The summed E-state index contributed by atoms with van der Waals surface area (Å²) in [5.41, 5.74) is 4.84. The molecule has 0 bridgehead atoms. The largest absolute Gasteiger partial charge is 2.00 e. The van der Waals surface area contributed by atoms with Gasteiger partial charge >= 0.3 is 32.4 Å². The van der Waals surface area contributed by atoms with Gasteiger partial charge in [0.2, 0.25) is 0 Å². The number of nitrogens with zero attached hydrogens (tertiary/aromatic N) is 2. The average molecular weight is 1080 g/mol. The number of hydrogen-bond acceptors (Lipinski definition) is 8. The first-order valence-electron chi connectivity index (χ1n) is 27.2. The number of rotatable bonds is 34. The fraction of sp³-hybridized carbons (Fsp3) is 0.541. The number of phenols is 2. The van der Waals surface area contributed by atoms with E-state index in [1.807, 2.05) is 13.8 Å². The summed E-state index contributed by atoms with van der Waals surface area (Å²) in [5, 5.41) is 59.0. The van der Waals surface area contributed by atoms with Crippen molar-refractivity contribution in [2.24, 2.45) is 9.98 Å². The van der Waals surface area contributed by atoms with Gasteiger partial charge < -0.3 is 30.6 Å². The predicted molar refractivity (Wildman–Crippen MR) is 291 cm³/mol. The van der Waals surface area contributed by atoms with Crippen molar-refractivity contribution >= 4 is 34.7 Å². The van der Waals surface area contributed by atoms with Crippen molar-refractivity contribution in [1.82, 2.24) is 0 Å². The molecule has 0 amide bonds. The van der Waals surface area contributed by atoms with Gasteiger partial charge in [-0.2, -0.15) is 0 Å². The van der Waals surface area contributed by atoms with Crippen molar-refractivity contribution in [3.8, 4) is 23.0 Å². The molecule has 0 radical (unpaired) electrons. The van der Waals surface area contributed by atoms with Crippen LogP contribution in [0.2, 0.25) is 0 Å². The van der Waals surface area contributed by atoms with Crippen LogP contribution in [0.1, 0.15) is 233 Å². The van der Waals surface area contributed by atoms with Crippen molar-refractivity contribution in [1.29, 1.82) is 0 Å². The standard InChI is InChI=1S/C37H58N2.2C12H16O4.Pd/c1-3-5-7-8-9-10-11-12-13-14-15-16-17-18-19-20-27-33-37(39-35-30-25-22-26-31-35)36(32-6-4-2)38-34-28-23-21-24-29-34;2*1-2-3-4-5-8-6-7-9(13)11(14)10(8)12(15)16;/h21-26,28-31H,3-20,27,32-33H2,1-2H3;2*6-7,13-14H,2-5H2,1H3,(H,15,16);/q;;;+2/p-2. The maximum Gasteiger partial charge on any atom is 2.00 e. The molecule has 0 aliphatic carbocycles. The van der Waals surface area contributed by atoms with Crippen LogP contribution < -0.4 is 10.2 Å². The Morgan fingerprint density at radius 1 is 0.403 bits per heavy atom. The van der Waals surface area contributed by atoms with Crippen LogP contribution in [0.4, 0.5) is 11.4 Å². The third-order valence-electron chi connectivity index (χ3n) is 12.6. The van der Waals surface area contributed by atoms with Crippen molar-refractivity contribution < 1.29 is 60.7 Å². The van der Waals surface area contributed by atoms with E-state index in [0.717, 1.165) is 69.2 Å². The third kappa shape index (κ3) is 27.7. The number of aromatic carboxylic acids is 2. The molecule has 10 nitrogen and oxygen atoms in total. The van der Waals surface area contributed by atoms with E-state index in [1.54, 1.807) is 0 Å². The molecule has 4 aromatic carbocycles. The number of aromatic hydroxyl groups is 2. The summed E-state index contributed by atoms with van der Waals surface area (Å²) in [4.78, 5) is 32.0. The van der Waals surface area contributed by atoms with Gasteiger partial charge in [0, 0.05) is 0 Å². The van der Waals surface area contributed by atoms with E-state index in [9.17, 15) is 19.8 Å². The monoisotopic (exact) mass is 1080 g/mol. The number of carboxylic acid groups (broad SMARTS) is 2. The van der Waals surface area contributed by atoms with Gasteiger partial charge in [-0.25, -0.2) is 9.59 Å². The number of aliphatic imine (C=N–C) groups is 2. The molecule has 0 aliphatic heterocycles. The van der Waals surface area contributed by atoms with Crippen molar-refractivity contribution in [3.63, 3.8) is 0 Å². The minimum absolute atomic E-state index is 0. The van der Waals surface area contributed by atoms with Gasteiger partial charge in [0.1, 0.15) is 11.5 Å². The Bertz CT molecular complexity index is 2030. The van der Waals surface area contributed by atoms with Gasteiger partial charge in [-0.15, -0.1) is 0 Å². The second-order valence-electron chi connectivity index (χ2n) is 18.7. The molecule has 4 N–H and O–H groups in total. The fourth-order valence-corrected chi connectivity index (χ4v) is 8.45. The molecule has 0 unspecified atom stereocenters. The average Bonchev–Trinajstić information content (AvgIpc) is 3.36. The summed E-state index contributed by atoms with van der Waals surface area (Å²) in [6, 6.07) is 26.4. The number of para-hydroxylation sites is 2. The smallest absolute Gasteiger partial charge is 0.869 e. The molecule has 0 saturated carbocycles. The number of phenolic OH excluding ortho intramolecular Hbond substituents is 2. The van der Waals surface area contributed by atoms with Crippen molar-refractivity contribution in [3.05, 3.63) is 107 Å². The first kappa shape index (κ1) is 65.0. The molecule has 0 heterocycles. The maximum atomic E-state index is 11.4. The van der Waals surface area contributed by atoms with Gasteiger partial charge in [-0.05, 0) is 98.9 Å². The van der Waals surface area contributed by atoms with E-state index < -0.39 is 34.9 Å². The SMILES string of the molecule is CCCCCCCCCCCCCCCCCCCC(=Nc1ccccc1)C(CCCC)=Nc1ccccc1.CCCCCc1ccc(O)c([O-])c1C(=O)O.CCCCCc1ccc(O)c([O-])c1C(=O)O.[Pd+2]. The zero-order valence-corrected chi connectivity index (χ0v) is 45.8. The van der Waals surface area contributed by atoms with Gasteiger partial charge in [0.05, 0.1) is 33.9 Å². The van der Waals surface area contributed by atoms with E-state index in [2.05, 4.69) is 74.5 Å². The number of unbranched alkanes of at least 4 members (excludes halogenated alkanes) is 21. The van der Waals surface area contributed by atoms with Crippen LogP contribution in [0.15, 0.2) is 94.9 Å². The fourth-order valence-electron chi connectivity index (χ4n) is 8.45. The summed E-state index contributed by atoms with van der Waals surface area (Å²) in [6.07, 6.45) is 35.1. The van der Waals surface area contributed by atoms with Crippen molar-refractivity contribution in [2.75, 3.05) is 0 Å². The van der Waals surface area contributed by atoms with Gasteiger partial charge in [-0.3, -0.25) is 9.98 Å². The Labute approximate surface area is 447 Å². The van der Waals surface area contributed by atoms with Crippen LogP contribution in [0.5, 0.6) is 23.0 Å². The molecule has 0 aromatic heterocycles. The molecular weight excluding hydrogens is 995 g/mol. The second kappa shape index (κ2) is 41.5. The molecule has 400 valence electrons. The zero-order chi connectivity index (χ0) is 51.9. The van der Waals surface area contributed by atoms with Crippen LogP contribution in [0.3, 0.4) is 0 Å². The molecule has 72 heavy (non-hydrogen) atoms. The molecule has 4 aromatic rings. The minimum Gasteiger partial charge on any atom is -0.869 e. The summed E-state index contributed by atoms with van der Waals surface area (Å²) in [7, 11) is 0. The quantitative estimate of drug-likeness (QED) is 0.0202.